The third kappa shape index (κ3) is 5.33. The number of nitriles is 1. The second-order valence-electron chi connectivity index (χ2n) is 6.67. The van der Waals surface area contributed by atoms with Crippen molar-refractivity contribution in [1.82, 2.24) is 14.8 Å². The highest BCUT2D eigenvalue weighted by Crippen LogP contribution is 2.41. The molecule has 16 heteroatoms. The number of rotatable bonds is 5. The lowest BCUT2D eigenvalue weighted by Crippen LogP contribution is -2.23. The summed E-state index contributed by atoms with van der Waals surface area (Å²) >= 11 is 12.0. The molecule has 1 aromatic heterocycles. The number of benzene rings is 1. The summed E-state index contributed by atoms with van der Waals surface area (Å²) in [5, 5.41) is 24.6. The molecule has 1 aliphatic heterocycles. The standard InChI is InChI=1S/C18H11Cl2F6N5O2S/c19-11-4-10(17(21,22)23)5-12(20)14(11)31-16(28-7-9-2-1-3-30(32)8-9)15(13(6-27)29-31)34(33)18(24,25)26/h1-5,28,32H,7-8H2. The van der Waals surface area contributed by atoms with Crippen molar-refractivity contribution in [3.63, 3.8) is 0 Å². The smallest absolute Gasteiger partial charge is 0.365 e. The van der Waals surface area contributed by atoms with E-state index in [1.54, 1.807) is 0 Å². The predicted molar refractivity (Wildman–Crippen MR) is 110 cm³/mol. The van der Waals surface area contributed by atoms with Crippen molar-refractivity contribution in [2.24, 2.45) is 0 Å². The quantitative estimate of drug-likeness (QED) is 0.498. The molecule has 0 radical (unpaired) electrons. The highest BCUT2D eigenvalue weighted by atomic mass is 35.5. The number of hydrogen-bond acceptors (Lipinski definition) is 6. The van der Waals surface area contributed by atoms with Crippen LogP contribution in [-0.2, 0) is 17.0 Å². The van der Waals surface area contributed by atoms with Crippen LogP contribution in [-0.4, -0.2) is 42.9 Å². The average molecular weight is 546 g/mol. The van der Waals surface area contributed by atoms with E-state index in [1.807, 2.05) is 0 Å². The number of nitrogens with one attached hydrogen (secondary N) is 1. The molecule has 1 atom stereocenters. The first-order valence-electron chi connectivity index (χ1n) is 8.88. The zero-order valence-corrected chi connectivity index (χ0v) is 18.7. The van der Waals surface area contributed by atoms with Gasteiger partial charge in [-0.05, 0) is 23.8 Å². The van der Waals surface area contributed by atoms with Crippen LogP contribution >= 0.6 is 23.2 Å². The molecular weight excluding hydrogens is 535 g/mol. The van der Waals surface area contributed by atoms with E-state index in [4.69, 9.17) is 23.2 Å². The van der Waals surface area contributed by atoms with Gasteiger partial charge in [-0.3, -0.25) is 10.3 Å². The van der Waals surface area contributed by atoms with Gasteiger partial charge in [-0.15, -0.1) is 0 Å². The number of hydrogen-bond donors (Lipinski definition) is 2. The Bertz CT molecular complexity index is 1230. The lowest BCUT2D eigenvalue weighted by Gasteiger charge is -2.20. The SMILES string of the molecule is N#Cc1nn(-c2c(Cl)cc(C(F)(F)F)cc2Cl)c(NCC2=CC=CN(O)C2)c1S(=O)C(F)(F)F. The highest BCUT2D eigenvalue weighted by Gasteiger charge is 2.43. The lowest BCUT2D eigenvalue weighted by molar-refractivity contribution is -0.137. The van der Waals surface area contributed by atoms with E-state index < -0.39 is 60.2 Å². The van der Waals surface area contributed by atoms with Gasteiger partial charge in [-0.2, -0.15) is 36.7 Å². The Balaban J connectivity index is 2.21. The van der Waals surface area contributed by atoms with E-state index in [2.05, 4.69) is 10.4 Å². The summed E-state index contributed by atoms with van der Waals surface area (Å²) in [6, 6.07) is 2.36. The van der Waals surface area contributed by atoms with Crippen LogP contribution in [0.25, 0.3) is 5.69 Å². The fourth-order valence-corrected chi connectivity index (χ4v) is 4.40. The van der Waals surface area contributed by atoms with Gasteiger partial charge in [-0.1, -0.05) is 29.3 Å². The number of anilines is 1. The van der Waals surface area contributed by atoms with E-state index in [9.17, 15) is 41.0 Å². The average Bonchev–Trinajstić information content (AvgIpc) is 3.07. The van der Waals surface area contributed by atoms with Crippen LogP contribution in [0.15, 0.2) is 41.0 Å². The van der Waals surface area contributed by atoms with Crippen LogP contribution < -0.4 is 5.32 Å². The summed E-state index contributed by atoms with van der Waals surface area (Å²) in [5.74, 6) is -0.629. The van der Waals surface area contributed by atoms with Gasteiger partial charge in [-0.25, -0.2) is 8.89 Å². The summed E-state index contributed by atoms with van der Waals surface area (Å²) in [6.07, 6.45) is -0.538. The maximum atomic E-state index is 13.3. The number of hydroxylamine groups is 2. The number of halogens is 8. The highest BCUT2D eigenvalue weighted by molar-refractivity contribution is 7.86. The van der Waals surface area contributed by atoms with Crippen LogP contribution in [0.4, 0.5) is 32.2 Å². The normalized spacial score (nSPS) is 15.2. The predicted octanol–water partition coefficient (Wildman–Crippen LogP) is 5.25. The van der Waals surface area contributed by atoms with Gasteiger partial charge < -0.3 is 5.32 Å². The van der Waals surface area contributed by atoms with Gasteiger partial charge in [0.25, 0.3) is 0 Å². The molecule has 2 N–H and O–H groups in total. The fourth-order valence-electron chi connectivity index (χ4n) is 2.92. The van der Waals surface area contributed by atoms with Crippen molar-refractivity contribution in [3.8, 4) is 11.8 Å². The molecule has 0 saturated carbocycles. The topological polar surface area (TPSA) is 94.2 Å². The number of aromatic nitrogens is 2. The second kappa shape index (κ2) is 9.49. The van der Waals surface area contributed by atoms with E-state index in [1.165, 1.54) is 24.4 Å². The number of alkyl halides is 6. The Morgan fingerprint density at radius 3 is 2.32 bits per heavy atom. The first-order valence-corrected chi connectivity index (χ1v) is 10.8. The molecular formula is C18H11Cl2F6N5O2S. The van der Waals surface area contributed by atoms with Crippen LogP contribution in [0, 0.1) is 11.3 Å². The van der Waals surface area contributed by atoms with Gasteiger partial charge in [0.1, 0.15) is 22.5 Å². The van der Waals surface area contributed by atoms with Crippen LogP contribution in [0.5, 0.6) is 0 Å². The second-order valence-corrected chi connectivity index (χ2v) is 8.89. The minimum atomic E-state index is -5.29. The third-order valence-electron chi connectivity index (χ3n) is 4.34. The first kappa shape index (κ1) is 25.9. The van der Waals surface area contributed by atoms with E-state index in [-0.39, 0.29) is 13.1 Å². The molecule has 0 saturated heterocycles. The molecule has 0 bridgehead atoms. The van der Waals surface area contributed by atoms with Crippen molar-refractivity contribution >= 4 is 39.8 Å². The molecule has 2 heterocycles. The van der Waals surface area contributed by atoms with E-state index in [0.29, 0.717) is 22.4 Å². The van der Waals surface area contributed by atoms with Gasteiger partial charge in [0, 0.05) is 12.7 Å². The summed E-state index contributed by atoms with van der Waals surface area (Å²) in [4.78, 5) is -1.06. The molecule has 182 valence electrons. The maximum absolute atomic E-state index is 13.3. The minimum Gasteiger partial charge on any atom is -0.365 e. The van der Waals surface area contributed by atoms with E-state index >= 15 is 0 Å². The Kier molecular flexibility index (Phi) is 7.23. The number of allylic oxidation sites excluding steroid dienone is 2. The molecule has 34 heavy (non-hydrogen) atoms. The summed E-state index contributed by atoms with van der Waals surface area (Å²) in [6.45, 7) is -0.266. The maximum Gasteiger partial charge on any atom is 0.476 e. The van der Waals surface area contributed by atoms with Gasteiger partial charge in [0.15, 0.2) is 16.5 Å². The monoisotopic (exact) mass is 545 g/mol. The molecule has 7 nitrogen and oxygen atoms in total. The minimum absolute atomic E-state index is 0.0395. The van der Waals surface area contributed by atoms with Crippen molar-refractivity contribution < 1.29 is 35.8 Å². The van der Waals surface area contributed by atoms with Gasteiger partial charge >= 0.3 is 11.7 Å². The number of nitrogens with zero attached hydrogens (tertiary/aromatic N) is 4. The zero-order chi connectivity index (χ0) is 25.4. The summed E-state index contributed by atoms with van der Waals surface area (Å²) in [5.41, 5.74) is -7.45. The summed E-state index contributed by atoms with van der Waals surface area (Å²) < 4.78 is 92.0. The van der Waals surface area contributed by atoms with E-state index in [0.717, 1.165) is 5.06 Å². The Morgan fingerprint density at radius 1 is 1.21 bits per heavy atom. The molecule has 1 aromatic carbocycles. The Morgan fingerprint density at radius 2 is 1.82 bits per heavy atom. The Labute approximate surface area is 199 Å². The van der Waals surface area contributed by atoms with Gasteiger partial charge in [0.05, 0.1) is 22.2 Å². The third-order valence-corrected chi connectivity index (χ3v) is 6.09. The molecule has 0 spiro atoms. The molecule has 0 fully saturated rings. The molecule has 0 amide bonds. The molecule has 2 aromatic rings. The zero-order valence-electron chi connectivity index (χ0n) is 16.4. The molecule has 3 rings (SSSR count). The molecule has 1 unspecified atom stereocenters. The molecule has 1 aliphatic rings. The van der Waals surface area contributed by atoms with Crippen LogP contribution in [0.1, 0.15) is 11.3 Å². The van der Waals surface area contributed by atoms with Crippen molar-refractivity contribution in [1.29, 1.82) is 5.26 Å². The largest absolute Gasteiger partial charge is 0.476 e. The fraction of sp³-hybridized carbons (Fsp3) is 0.222. The van der Waals surface area contributed by atoms with Crippen molar-refractivity contribution in [2.45, 2.75) is 16.6 Å². The first-order chi connectivity index (χ1) is 15.7. The van der Waals surface area contributed by atoms with Gasteiger partial charge in [0.2, 0.25) is 0 Å². The molecule has 0 aliphatic carbocycles. The van der Waals surface area contributed by atoms with Crippen LogP contribution in [0.2, 0.25) is 10.0 Å². The van der Waals surface area contributed by atoms with Crippen LogP contribution in [0.3, 0.4) is 0 Å². The van der Waals surface area contributed by atoms with Crippen molar-refractivity contribution in [2.75, 3.05) is 18.4 Å². The Hall–Kier alpha value is -2.73. The summed E-state index contributed by atoms with van der Waals surface area (Å²) in [7, 11) is -3.75. The lowest BCUT2D eigenvalue weighted by atomic mass is 10.2. The van der Waals surface area contributed by atoms with Crippen molar-refractivity contribution in [3.05, 3.63) is 57.4 Å².